The second kappa shape index (κ2) is 7.11. The fourth-order valence-corrected chi connectivity index (χ4v) is 4.85. The summed E-state index contributed by atoms with van der Waals surface area (Å²) in [5.74, 6) is -0.378. The molecule has 1 amide bonds. The molecule has 0 bridgehead atoms. The average molecular weight is 355 g/mol. The number of amides is 1. The van der Waals surface area contributed by atoms with Crippen LogP contribution in [0.1, 0.15) is 40.0 Å². The first-order valence-electron chi connectivity index (χ1n) is 8.01. The molecule has 24 heavy (non-hydrogen) atoms. The molecule has 134 valence electrons. The molecular formula is C17H25NO5S. The Kier molecular flexibility index (Phi) is 5.55. The molecule has 6 nitrogen and oxygen atoms in total. The van der Waals surface area contributed by atoms with Crippen molar-refractivity contribution in [2.24, 2.45) is 5.92 Å². The van der Waals surface area contributed by atoms with Crippen molar-refractivity contribution < 1.29 is 22.8 Å². The lowest BCUT2D eigenvalue weighted by Gasteiger charge is -2.23. The SMILES string of the molecule is COc1ccc(S(=O)(=O)[C@@H]2CCC[C@H]2C(=O)NOC(C)(C)C)cc1. The Labute approximate surface area is 143 Å². The highest BCUT2D eigenvalue weighted by molar-refractivity contribution is 7.92. The first-order valence-corrected chi connectivity index (χ1v) is 9.55. The number of rotatable bonds is 5. The van der Waals surface area contributed by atoms with Gasteiger partial charge in [-0.25, -0.2) is 13.9 Å². The number of carbonyl (C=O) groups excluding carboxylic acids is 1. The summed E-state index contributed by atoms with van der Waals surface area (Å²) in [5.41, 5.74) is 1.88. The van der Waals surface area contributed by atoms with Gasteiger partial charge in [0.1, 0.15) is 5.75 Å². The summed E-state index contributed by atoms with van der Waals surface area (Å²) in [6, 6.07) is 6.26. The van der Waals surface area contributed by atoms with Gasteiger partial charge in [0.15, 0.2) is 9.84 Å². The summed E-state index contributed by atoms with van der Waals surface area (Å²) in [6.45, 7) is 5.44. The van der Waals surface area contributed by atoms with Gasteiger partial charge in [0.05, 0.1) is 28.8 Å². The number of hydrogen-bond donors (Lipinski definition) is 1. The summed E-state index contributed by atoms with van der Waals surface area (Å²) >= 11 is 0. The predicted octanol–water partition coefficient (Wildman–Crippen LogP) is 2.48. The third-order valence-electron chi connectivity index (χ3n) is 4.03. The first-order chi connectivity index (χ1) is 11.1. The van der Waals surface area contributed by atoms with Crippen LogP contribution < -0.4 is 10.2 Å². The molecule has 0 radical (unpaired) electrons. The molecule has 2 atom stereocenters. The van der Waals surface area contributed by atoms with E-state index in [9.17, 15) is 13.2 Å². The Morgan fingerprint density at radius 1 is 1.17 bits per heavy atom. The fraction of sp³-hybridized carbons (Fsp3) is 0.588. The molecule has 1 aromatic rings. The van der Waals surface area contributed by atoms with Crippen molar-refractivity contribution >= 4 is 15.7 Å². The lowest BCUT2D eigenvalue weighted by atomic mass is 10.1. The second-order valence-corrected chi connectivity index (χ2v) is 9.14. The summed E-state index contributed by atoms with van der Waals surface area (Å²) in [5, 5.41) is -0.727. The summed E-state index contributed by atoms with van der Waals surface area (Å²) in [6.07, 6.45) is 1.72. The van der Waals surface area contributed by atoms with E-state index < -0.39 is 26.6 Å². The number of sulfone groups is 1. The monoisotopic (exact) mass is 355 g/mol. The fourth-order valence-electron chi connectivity index (χ4n) is 2.82. The van der Waals surface area contributed by atoms with Crippen LogP contribution in [0.2, 0.25) is 0 Å². The minimum Gasteiger partial charge on any atom is -0.497 e. The molecule has 0 aliphatic heterocycles. The van der Waals surface area contributed by atoms with Crippen LogP contribution in [-0.4, -0.2) is 32.3 Å². The van der Waals surface area contributed by atoms with Gasteiger partial charge in [-0.15, -0.1) is 0 Å². The van der Waals surface area contributed by atoms with Crippen LogP contribution in [0.3, 0.4) is 0 Å². The van der Waals surface area contributed by atoms with Crippen molar-refractivity contribution in [2.75, 3.05) is 7.11 Å². The van der Waals surface area contributed by atoms with E-state index >= 15 is 0 Å². The van der Waals surface area contributed by atoms with Crippen molar-refractivity contribution in [3.63, 3.8) is 0 Å². The van der Waals surface area contributed by atoms with Gasteiger partial charge in [0.2, 0.25) is 5.91 Å². The van der Waals surface area contributed by atoms with Crippen LogP contribution in [0, 0.1) is 5.92 Å². The highest BCUT2D eigenvalue weighted by Crippen LogP contribution is 2.35. The number of nitrogens with one attached hydrogen (secondary N) is 1. The molecule has 7 heteroatoms. The molecule has 1 saturated carbocycles. The van der Waals surface area contributed by atoms with Crippen molar-refractivity contribution in [3.05, 3.63) is 24.3 Å². The van der Waals surface area contributed by atoms with Gasteiger partial charge in [-0.3, -0.25) is 9.63 Å². The van der Waals surface area contributed by atoms with Gasteiger partial charge in [-0.1, -0.05) is 6.42 Å². The van der Waals surface area contributed by atoms with E-state index in [1.807, 2.05) is 20.8 Å². The van der Waals surface area contributed by atoms with Crippen LogP contribution in [0.4, 0.5) is 0 Å². The summed E-state index contributed by atoms with van der Waals surface area (Å²) in [4.78, 5) is 17.9. The van der Waals surface area contributed by atoms with Crippen molar-refractivity contribution in [2.45, 2.75) is 55.8 Å². The standard InChI is InChI=1S/C17H25NO5S/c1-17(2,3)23-18-16(19)14-6-5-7-15(14)24(20,21)13-10-8-12(22-4)9-11-13/h8-11,14-15H,5-7H2,1-4H3,(H,18,19)/t14-,15-/m1/s1. The van der Waals surface area contributed by atoms with Gasteiger partial charge in [-0.05, 0) is 57.9 Å². The number of hydrogen-bond acceptors (Lipinski definition) is 5. The largest absolute Gasteiger partial charge is 0.497 e. The molecule has 1 aliphatic carbocycles. The molecule has 1 N–H and O–H groups in total. The maximum absolute atomic E-state index is 12.9. The van der Waals surface area contributed by atoms with Gasteiger partial charge in [-0.2, -0.15) is 0 Å². The van der Waals surface area contributed by atoms with E-state index in [0.29, 0.717) is 25.0 Å². The molecule has 1 aliphatic rings. The van der Waals surface area contributed by atoms with Crippen LogP contribution >= 0.6 is 0 Å². The Bertz CT molecular complexity index is 676. The van der Waals surface area contributed by atoms with Crippen molar-refractivity contribution in [3.8, 4) is 5.75 Å². The summed E-state index contributed by atoms with van der Waals surface area (Å²) in [7, 11) is -2.06. The van der Waals surface area contributed by atoms with Crippen LogP contribution in [0.15, 0.2) is 29.2 Å². The van der Waals surface area contributed by atoms with Gasteiger partial charge >= 0.3 is 0 Å². The van der Waals surface area contributed by atoms with Crippen molar-refractivity contribution in [1.82, 2.24) is 5.48 Å². The molecule has 0 saturated heterocycles. The Balaban J connectivity index is 2.17. The molecule has 2 rings (SSSR count). The number of methoxy groups -OCH3 is 1. The normalized spacial score (nSPS) is 21.5. The lowest BCUT2D eigenvalue weighted by molar-refractivity contribution is -0.149. The number of ether oxygens (including phenoxy) is 1. The predicted molar refractivity (Wildman–Crippen MR) is 90.3 cm³/mol. The average Bonchev–Trinajstić information content (AvgIpc) is 3.02. The van der Waals surface area contributed by atoms with Crippen molar-refractivity contribution in [1.29, 1.82) is 0 Å². The minimum atomic E-state index is -3.58. The van der Waals surface area contributed by atoms with E-state index in [0.717, 1.165) is 0 Å². The van der Waals surface area contributed by atoms with Gasteiger partial charge < -0.3 is 4.74 Å². The molecular weight excluding hydrogens is 330 g/mol. The van der Waals surface area contributed by atoms with Crippen LogP contribution in [0.5, 0.6) is 5.75 Å². The summed E-state index contributed by atoms with van der Waals surface area (Å²) < 4.78 is 30.8. The first kappa shape index (κ1) is 18.7. The van der Waals surface area contributed by atoms with Crippen LogP contribution in [-0.2, 0) is 19.5 Å². The molecule has 0 spiro atoms. The molecule has 1 aromatic carbocycles. The third-order valence-corrected chi connectivity index (χ3v) is 6.32. The van der Waals surface area contributed by atoms with Gasteiger partial charge in [0, 0.05) is 0 Å². The van der Waals surface area contributed by atoms with E-state index in [2.05, 4.69) is 5.48 Å². The zero-order chi connectivity index (χ0) is 18.0. The zero-order valence-electron chi connectivity index (χ0n) is 14.5. The second-order valence-electron chi connectivity index (χ2n) is 6.98. The number of benzene rings is 1. The quantitative estimate of drug-likeness (QED) is 0.821. The third kappa shape index (κ3) is 4.27. The molecule has 0 heterocycles. The number of hydroxylamine groups is 1. The highest BCUT2D eigenvalue weighted by atomic mass is 32.2. The maximum atomic E-state index is 12.9. The van der Waals surface area contributed by atoms with Gasteiger partial charge in [0.25, 0.3) is 0 Å². The van der Waals surface area contributed by atoms with E-state index in [4.69, 9.17) is 9.57 Å². The lowest BCUT2D eigenvalue weighted by Crippen LogP contribution is -2.41. The zero-order valence-corrected chi connectivity index (χ0v) is 15.4. The highest BCUT2D eigenvalue weighted by Gasteiger charge is 2.42. The topological polar surface area (TPSA) is 81.7 Å². The molecule has 0 aromatic heterocycles. The smallest absolute Gasteiger partial charge is 0.247 e. The van der Waals surface area contributed by atoms with E-state index in [1.165, 1.54) is 19.2 Å². The van der Waals surface area contributed by atoms with E-state index in [-0.39, 0.29) is 10.8 Å². The maximum Gasteiger partial charge on any atom is 0.247 e. The van der Waals surface area contributed by atoms with Crippen LogP contribution in [0.25, 0.3) is 0 Å². The molecule has 1 fully saturated rings. The van der Waals surface area contributed by atoms with E-state index in [1.54, 1.807) is 12.1 Å². The minimum absolute atomic E-state index is 0.213. The Hall–Kier alpha value is -1.60. The Morgan fingerprint density at radius 3 is 2.33 bits per heavy atom. The Morgan fingerprint density at radius 2 is 1.79 bits per heavy atom. The number of carbonyl (C=O) groups is 1. The molecule has 0 unspecified atom stereocenters.